The quantitative estimate of drug-likeness (QED) is 0.779. The third-order valence-electron chi connectivity index (χ3n) is 6.34. The van der Waals surface area contributed by atoms with Crippen molar-refractivity contribution in [3.05, 3.63) is 35.4 Å². The summed E-state index contributed by atoms with van der Waals surface area (Å²) in [6.45, 7) is 9.56. The van der Waals surface area contributed by atoms with Crippen LogP contribution in [0.3, 0.4) is 0 Å². The van der Waals surface area contributed by atoms with E-state index < -0.39 is 0 Å². The highest BCUT2D eigenvalue weighted by atomic mass is 16.5. The Labute approximate surface area is 159 Å². The zero-order valence-corrected chi connectivity index (χ0v) is 16.4. The number of nitrogens with zero attached hydrogens (tertiary/aromatic N) is 3. The van der Waals surface area contributed by atoms with Crippen LogP contribution >= 0.6 is 0 Å². The second-order valence-electron chi connectivity index (χ2n) is 8.57. The fraction of sp³-hybridized carbons (Fsp3) is 0.727. The average molecular weight is 358 g/mol. The van der Waals surface area contributed by atoms with E-state index in [1.807, 2.05) is 0 Å². The van der Waals surface area contributed by atoms with Crippen LogP contribution in [0.2, 0.25) is 0 Å². The van der Waals surface area contributed by atoms with Crippen molar-refractivity contribution in [2.45, 2.75) is 50.9 Å². The molecule has 0 radical (unpaired) electrons. The van der Waals surface area contributed by atoms with Crippen LogP contribution in [0.4, 0.5) is 0 Å². The van der Waals surface area contributed by atoms with Crippen LogP contribution in [0.25, 0.3) is 0 Å². The van der Waals surface area contributed by atoms with Gasteiger partial charge < -0.3 is 9.64 Å². The molecule has 0 amide bonds. The minimum Gasteiger partial charge on any atom is -0.373 e. The molecule has 2 atom stereocenters. The lowest BCUT2D eigenvalue weighted by Gasteiger charge is -2.33. The van der Waals surface area contributed by atoms with Crippen LogP contribution < -0.4 is 0 Å². The Kier molecular flexibility index (Phi) is 6.26. The molecule has 3 heterocycles. The summed E-state index contributed by atoms with van der Waals surface area (Å²) in [5.41, 5.74) is 2.89. The Morgan fingerprint density at radius 3 is 2.19 bits per heavy atom. The Bertz CT molecular complexity index is 547. The highest BCUT2D eigenvalue weighted by Crippen LogP contribution is 2.24. The monoisotopic (exact) mass is 357 g/mol. The van der Waals surface area contributed by atoms with Crippen molar-refractivity contribution in [1.82, 2.24) is 14.7 Å². The largest absolute Gasteiger partial charge is 0.373 e. The van der Waals surface area contributed by atoms with E-state index in [4.69, 9.17) is 4.74 Å². The lowest BCUT2D eigenvalue weighted by atomic mass is 10.0. The van der Waals surface area contributed by atoms with Gasteiger partial charge in [0.25, 0.3) is 0 Å². The van der Waals surface area contributed by atoms with Gasteiger partial charge in [0, 0.05) is 39.3 Å². The molecule has 0 aromatic heterocycles. The highest BCUT2D eigenvalue weighted by molar-refractivity contribution is 5.23. The van der Waals surface area contributed by atoms with E-state index in [1.54, 1.807) is 0 Å². The first kappa shape index (κ1) is 18.4. The van der Waals surface area contributed by atoms with Gasteiger partial charge in [-0.25, -0.2) is 0 Å². The average Bonchev–Trinajstić information content (AvgIpc) is 3.31. The molecule has 4 rings (SSSR count). The van der Waals surface area contributed by atoms with Crippen molar-refractivity contribution in [2.24, 2.45) is 0 Å². The molecule has 0 saturated carbocycles. The minimum atomic E-state index is 0.414. The number of hydrogen-bond acceptors (Lipinski definition) is 4. The Morgan fingerprint density at radius 2 is 1.46 bits per heavy atom. The van der Waals surface area contributed by atoms with E-state index in [2.05, 4.69) is 46.0 Å². The first-order chi connectivity index (χ1) is 12.7. The maximum absolute atomic E-state index is 6.37. The SMILES string of the molecule is CN1CCN(C[C@@H]2CC[C@H](Cc3ccc(CN4CCCC4)cc3)O2)CC1. The first-order valence-corrected chi connectivity index (χ1v) is 10.6. The third kappa shape index (κ3) is 5.07. The van der Waals surface area contributed by atoms with Crippen molar-refractivity contribution < 1.29 is 4.74 Å². The molecule has 3 aliphatic rings. The van der Waals surface area contributed by atoms with E-state index >= 15 is 0 Å². The highest BCUT2D eigenvalue weighted by Gasteiger charge is 2.27. The van der Waals surface area contributed by atoms with E-state index in [0.29, 0.717) is 12.2 Å². The van der Waals surface area contributed by atoms with Gasteiger partial charge in [0.05, 0.1) is 12.2 Å². The number of rotatable bonds is 6. The zero-order valence-electron chi connectivity index (χ0n) is 16.4. The van der Waals surface area contributed by atoms with E-state index in [0.717, 1.165) is 19.5 Å². The molecule has 1 aromatic carbocycles. The third-order valence-corrected chi connectivity index (χ3v) is 6.34. The van der Waals surface area contributed by atoms with Crippen molar-refractivity contribution >= 4 is 0 Å². The fourth-order valence-corrected chi connectivity index (χ4v) is 4.63. The normalized spacial score (nSPS) is 28.8. The van der Waals surface area contributed by atoms with Gasteiger partial charge in [-0.2, -0.15) is 0 Å². The molecular formula is C22H35N3O. The van der Waals surface area contributed by atoms with Crippen LogP contribution in [0.1, 0.15) is 36.8 Å². The fourth-order valence-electron chi connectivity index (χ4n) is 4.63. The molecule has 0 bridgehead atoms. The van der Waals surface area contributed by atoms with Crippen molar-refractivity contribution in [1.29, 1.82) is 0 Å². The lowest BCUT2D eigenvalue weighted by molar-refractivity contribution is 0.0146. The van der Waals surface area contributed by atoms with Crippen LogP contribution in [0, 0.1) is 0 Å². The Balaban J connectivity index is 1.21. The molecule has 0 N–H and O–H groups in total. The predicted molar refractivity (Wildman–Crippen MR) is 106 cm³/mol. The van der Waals surface area contributed by atoms with Crippen LogP contribution in [0.5, 0.6) is 0 Å². The topological polar surface area (TPSA) is 19.0 Å². The van der Waals surface area contributed by atoms with Gasteiger partial charge in [0.2, 0.25) is 0 Å². The molecule has 0 unspecified atom stereocenters. The number of hydrogen-bond donors (Lipinski definition) is 0. The predicted octanol–water partition coefficient (Wildman–Crippen LogP) is 2.62. The molecule has 26 heavy (non-hydrogen) atoms. The van der Waals surface area contributed by atoms with E-state index in [1.165, 1.54) is 76.1 Å². The summed E-state index contributed by atoms with van der Waals surface area (Å²) in [4.78, 5) is 7.57. The van der Waals surface area contributed by atoms with Crippen LogP contribution in [0.15, 0.2) is 24.3 Å². The van der Waals surface area contributed by atoms with Gasteiger partial charge in [-0.3, -0.25) is 9.80 Å². The summed E-state index contributed by atoms with van der Waals surface area (Å²) in [6.07, 6.45) is 7.11. The second kappa shape index (κ2) is 8.83. The van der Waals surface area contributed by atoms with Gasteiger partial charge in [0.1, 0.15) is 0 Å². The van der Waals surface area contributed by atoms with Gasteiger partial charge in [-0.1, -0.05) is 24.3 Å². The summed E-state index contributed by atoms with van der Waals surface area (Å²) in [7, 11) is 2.22. The maximum atomic E-state index is 6.37. The summed E-state index contributed by atoms with van der Waals surface area (Å²) >= 11 is 0. The molecule has 4 heteroatoms. The standard InChI is InChI=1S/C22H35N3O/c1-23-12-14-25(15-13-23)18-22-9-8-21(26-22)16-19-4-6-20(7-5-19)17-24-10-2-3-11-24/h4-7,21-22H,2-3,8-18H2,1H3/t21-,22+/m1/s1. The smallest absolute Gasteiger partial charge is 0.0706 e. The second-order valence-corrected chi connectivity index (χ2v) is 8.57. The number of piperazine rings is 1. The molecule has 3 aliphatic heterocycles. The Morgan fingerprint density at radius 1 is 0.808 bits per heavy atom. The van der Waals surface area contributed by atoms with Crippen molar-refractivity contribution in [3.8, 4) is 0 Å². The molecule has 144 valence electrons. The zero-order chi connectivity index (χ0) is 17.8. The van der Waals surface area contributed by atoms with Gasteiger partial charge in [0.15, 0.2) is 0 Å². The summed E-state index contributed by atoms with van der Waals surface area (Å²) in [6, 6.07) is 9.29. The molecule has 0 spiro atoms. The number of likely N-dealkylation sites (tertiary alicyclic amines) is 1. The minimum absolute atomic E-state index is 0.414. The summed E-state index contributed by atoms with van der Waals surface area (Å²) in [5, 5.41) is 0. The van der Waals surface area contributed by atoms with Gasteiger partial charge in [-0.05, 0) is 63.4 Å². The number of benzene rings is 1. The number of likely N-dealkylation sites (N-methyl/N-ethyl adjacent to an activating group) is 1. The lowest BCUT2D eigenvalue weighted by Crippen LogP contribution is -2.47. The number of ether oxygens (including phenoxy) is 1. The summed E-state index contributed by atoms with van der Waals surface area (Å²) < 4.78 is 6.37. The summed E-state index contributed by atoms with van der Waals surface area (Å²) in [5.74, 6) is 0. The molecule has 4 nitrogen and oxygen atoms in total. The van der Waals surface area contributed by atoms with Crippen molar-refractivity contribution in [2.75, 3.05) is 52.9 Å². The Hall–Kier alpha value is -0.940. The van der Waals surface area contributed by atoms with Gasteiger partial charge in [-0.15, -0.1) is 0 Å². The molecule has 0 aliphatic carbocycles. The van der Waals surface area contributed by atoms with Gasteiger partial charge >= 0.3 is 0 Å². The molecule has 3 fully saturated rings. The van der Waals surface area contributed by atoms with Crippen molar-refractivity contribution in [3.63, 3.8) is 0 Å². The van der Waals surface area contributed by atoms with Crippen LogP contribution in [-0.4, -0.2) is 79.8 Å². The maximum Gasteiger partial charge on any atom is 0.0706 e. The molecule has 1 aromatic rings. The molecule has 3 saturated heterocycles. The van der Waals surface area contributed by atoms with Crippen LogP contribution in [-0.2, 0) is 17.7 Å². The van der Waals surface area contributed by atoms with E-state index in [-0.39, 0.29) is 0 Å². The molecular weight excluding hydrogens is 322 g/mol. The first-order valence-electron chi connectivity index (χ1n) is 10.6. The van der Waals surface area contributed by atoms with E-state index in [9.17, 15) is 0 Å².